The molecule has 2 heterocycles. The van der Waals surface area contributed by atoms with Crippen molar-refractivity contribution in [1.82, 2.24) is 0 Å². The molecule has 1 aromatic rings. The summed E-state index contributed by atoms with van der Waals surface area (Å²) >= 11 is 0. The molecule has 3 rings (SSSR count). The zero-order valence-corrected chi connectivity index (χ0v) is 7.45. The number of benzene rings is 1. The molecule has 0 radical (unpaired) electrons. The largest absolute Gasteiger partial charge is 0.376 e. The van der Waals surface area contributed by atoms with Crippen LogP contribution < -0.4 is 0 Å². The van der Waals surface area contributed by atoms with Crippen LogP contribution in [-0.4, -0.2) is 13.2 Å². The molecule has 1 aromatic carbocycles. The van der Waals surface area contributed by atoms with Crippen LogP contribution in [0.3, 0.4) is 0 Å². The SMILES string of the molecule is c1cc2c(cc1[C@@H]1CO1)CCOC2. The van der Waals surface area contributed by atoms with E-state index in [1.54, 1.807) is 0 Å². The lowest BCUT2D eigenvalue weighted by Gasteiger charge is -2.16. The van der Waals surface area contributed by atoms with Gasteiger partial charge in [-0.25, -0.2) is 0 Å². The molecule has 13 heavy (non-hydrogen) atoms. The van der Waals surface area contributed by atoms with E-state index >= 15 is 0 Å². The highest BCUT2D eigenvalue weighted by molar-refractivity contribution is 5.34. The number of fused-ring (bicyclic) bond motifs is 1. The van der Waals surface area contributed by atoms with E-state index in [1.807, 2.05) is 0 Å². The molecule has 2 aliphatic heterocycles. The van der Waals surface area contributed by atoms with Gasteiger partial charge in [0.1, 0.15) is 6.10 Å². The van der Waals surface area contributed by atoms with Gasteiger partial charge < -0.3 is 9.47 Å². The van der Waals surface area contributed by atoms with E-state index in [4.69, 9.17) is 9.47 Å². The van der Waals surface area contributed by atoms with Crippen molar-refractivity contribution in [3.63, 3.8) is 0 Å². The first-order valence-corrected chi connectivity index (χ1v) is 4.74. The summed E-state index contributed by atoms with van der Waals surface area (Å²) in [5.74, 6) is 0. The first-order valence-electron chi connectivity index (χ1n) is 4.74. The normalized spacial score (nSPS) is 25.4. The third-order valence-corrected chi connectivity index (χ3v) is 2.71. The monoisotopic (exact) mass is 176 g/mol. The maximum Gasteiger partial charge on any atom is 0.106 e. The molecule has 1 atom stereocenters. The van der Waals surface area contributed by atoms with Crippen molar-refractivity contribution < 1.29 is 9.47 Å². The van der Waals surface area contributed by atoms with Gasteiger partial charge in [-0.3, -0.25) is 0 Å². The molecule has 0 N–H and O–H groups in total. The van der Waals surface area contributed by atoms with Crippen LogP contribution >= 0.6 is 0 Å². The Labute approximate surface area is 77.5 Å². The van der Waals surface area contributed by atoms with Crippen molar-refractivity contribution in [2.24, 2.45) is 0 Å². The van der Waals surface area contributed by atoms with Gasteiger partial charge in [0.2, 0.25) is 0 Å². The summed E-state index contributed by atoms with van der Waals surface area (Å²) in [6, 6.07) is 6.60. The Morgan fingerprint density at radius 1 is 1.23 bits per heavy atom. The van der Waals surface area contributed by atoms with E-state index in [9.17, 15) is 0 Å². The predicted octanol–water partition coefficient (Wildman–Crippen LogP) is 1.83. The maximum atomic E-state index is 5.38. The van der Waals surface area contributed by atoms with Gasteiger partial charge in [0.25, 0.3) is 0 Å². The molecule has 68 valence electrons. The Hall–Kier alpha value is -0.860. The third-order valence-electron chi connectivity index (χ3n) is 2.71. The second kappa shape index (κ2) is 2.82. The predicted molar refractivity (Wildman–Crippen MR) is 48.5 cm³/mol. The van der Waals surface area contributed by atoms with Crippen molar-refractivity contribution in [3.05, 3.63) is 34.9 Å². The lowest BCUT2D eigenvalue weighted by molar-refractivity contribution is 0.110. The van der Waals surface area contributed by atoms with Gasteiger partial charge >= 0.3 is 0 Å². The van der Waals surface area contributed by atoms with Gasteiger partial charge in [-0.1, -0.05) is 18.2 Å². The van der Waals surface area contributed by atoms with Crippen molar-refractivity contribution >= 4 is 0 Å². The van der Waals surface area contributed by atoms with Crippen LogP contribution in [0.2, 0.25) is 0 Å². The molecule has 0 amide bonds. The Kier molecular flexibility index (Phi) is 1.64. The fourth-order valence-corrected chi connectivity index (χ4v) is 1.82. The Morgan fingerprint density at radius 3 is 3.00 bits per heavy atom. The minimum atomic E-state index is 0.383. The van der Waals surface area contributed by atoms with Crippen LogP contribution in [0.1, 0.15) is 22.8 Å². The van der Waals surface area contributed by atoms with E-state index in [0.29, 0.717) is 6.10 Å². The summed E-state index contributed by atoms with van der Waals surface area (Å²) in [4.78, 5) is 0. The minimum absolute atomic E-state index is 0.383. The minimum Gasteiger partial charge on any atom is -0.376 e. The smallest absolute Gasteiger partial charge is 0.106 e. The van der Waals surface area contributed by atoms with E-state index < -0.39 is 0 Å². The molecule has 0 aromatic heterocycles. The average Bonchev–Trinajstić information content (AvgIpc) is 3.00. The van der Waals surface area contributed by atoms with Gasteiger partial charge in [0.05, 0.1) is 19.8 Å². The summed E-state index contributed by atoms with van der Waals surface area (Å²) in [6.45, 7) is 2.54. The van der Waals surface area contributed by atoms with Crippen LogP contribution in [0.4, 0.5) is 0 Å². The topological polar surface area (TPSA) is 21.8 Å². The van der Waals surface area contributed by atoms with Gasteiger partial charge in [-0.05, 0) is 23.1 Å². The zero-order chi connectivity index (χ0) is 8.67. The summed E-state index contributed by atoms with van der Waals surface area (Å²) < 4.78 is 10.6. The molecular weight excluding hydrogens is 164 g/mol. The molecule has 0 aliphatic carbocycles. The number of hydrogen-bond donors (Lipinski definition) is 0. The summed E-state index contributed by atoms with van der Waals surface area (Å²) in [5.41, 5.74) is 4.12. The summed E-state index contributed by atoms with van der Waals surface area (Å²) in [7, 11) is 0. The molecule has 0 unspecified atom stereocenters. The summed E-state index contributed by atoms with van der Waals surface area (Å²) in [5, 5.41) is 0. The van der Waals surface area contributed by atoms with Crippen LogP contribution in [0, 0.1) is 0 Å². The highest BCUT2D eigenvalue weighted by Crippen LogP contribution is 2.31. The van der Waals surface area contributed by atoms with Crippen molar-refractivity contribution in [3.8, 4) is 0 Å². The average molecular weight is 176 g/mol. The van der Waals surface area contributed by atoms with Crippen LogP contribution in [0.5, 0.6) is 0 Å². The summed E-state index contributed by atoms with van der Waals surface area (Å²) in [6.07, 6.45) is 1.43. The fraction of sp³-hybridized carbons (Fsp3) is 0.455. The molecule has 0 bridgehead atoms. The van der Waals surface area contributed by atoms with Gasteiger partial charge in [0, 0.05) is 0 Å². The van der Waals surface area contributed by atoms with Crippen LogP contribution in [0.15, 0.2) is 18.2 Å². The highest BCUT2D eigenvalue weighted by Gasteiger charge is 2.25. The van der Waals surface area contributed by atoms with Gasteiger partial charge in [-0.15, -0.1) is 0 Å². The standard InChI is InChI=1S/C11H12O2/c1-2-10-6-12-4-3-8(10)5-9(1)11-7-13-11/h1-2,5,11H,3-4,6-7H2/t11-/m0/s1. The van der Waals surface area contributed by atoms with Gasteiger partial charge in [-0.2, -0.15) is 0 Å². The Morgan fingerprint density at radius 2 is 2.15 bits per heavy atom. The Balaban J connectivity index is 1.98. The van der Waals surface area contributed by atoms with E-state index in [-0.39, 0.29) is 0 Å². The zero-order valence-electron chi connectivity index (χ0n) is 7.45. The quantitative estimate of drug-likeness (QED) is 0.609. The molecule has 1 saturated heterocycles. The molecule has 0 spiro atoms. The second-order valence-electron chi connectivity index (χ2n) is 3.65. The van der Waals surface area contributed by atoms with Crippen molar-refractivity contribution in [1.29, 1.82) is 0 Å². The number of epoxide rings is 1. The van der Waals surface area contributed by atoms with Crippen LogP contribution in [0.25, 0.3) is 0 Å². The first-order chi connectivity index (χ1) is 6.43. The molecule has 0 saturated carbocycles. The molecular formula is C11H12O2. The molecule has 2 aliphatic rings. The maximum absolute atomic E-state index is 5.38. The highest BCUT2D eigenvalue weighted by atomic mass is 16.6. The lowest BCUT2D eigenvalue weighted by atomic mass is 9.99. The molecule has 2 heteroatoms. The van der Waals surface area contributed by atoms with E-state index in [1.165, 1.54) is 16.7 Å². The van der Waals surface area contributed by atoms with Crippen LogP contribution in [-0.2, 0) is 22.5 Å². The molecule has 1 fully saturated rings. The second-order valence-corrected chi connectivity index (χ2v) is 3.65. The molecule has 2 nitrogen and oxygen atoms in total. The number of ether oxygens (including phenoxy) is 2. The fourth-order valence-electron chi connectivity index (χ4n) is 1.82. The number of hydrogen-bond acceptors (Lipinski definition) is 2. The first kappa shape index (κ1) is 7.54. The van der Waals surface area contributed by atoms with Crippen molar-refractivity contribution in [2.75, 3.05) is 13.2 Å². The van der Waals surface area contributed by atoms with E-state index in [2.05, 4.69) is 18.2 Å². The Bertz CT molecular complexity index is 329. The van der Waals surface area contributed by atoms with E-state index in [0.717, 1.165) is 26.2 Å². The van der Waals surface area contributed by atoms with Crippen molar-refractivity contribution in [2.45, 2.75) is 19.1 Å². The van der Waals surface area contributed by atoms with Gasteiger partial charge in [0.15, 0.2) is 0 Å². The third kappa shape index (κ3) is 1.36. The lowest BCUT2D eigenvalue weighted by Crippen LogP contribution is -2.09. The number of rotatable bonds is 1.